The lowest BCUT2D eigenvalue weighted by Crippen LogP contribution is -1.86. The lowest BCUT2D eigenvalue weighted by Gasteiger charge is -2.04. The highest BCUT2D eigenvalue weighted by Gasteiger charge is 1.98. The summed E-state index contributed by atoms with van der Waals surface area (Å²) in [5, 5.41) is 2.06. The van der Waals surface area contributed by atoms with Crippen LogP contribution in [0.3, 0.4) is 0 Å². The van der Waals surface area contributed by atoms with Crippen molar-refractivity contribution in [3.8, 4) is 0 Å². The molecular weight excluding hydrogens is 340 g/mol. The molecule has 0 nitrogen and oxygen atoms in total. The molecule has 108 valence electrons. The minimum absolute atomic E-state index is 0.904. The van der Waals surface area contributed by atoms with E-state index in [1.165, 1.54) is 56.3 Å². The van der Waals surface area contributed by atoms with Gasteiger partial charge in [-0.25, -0.2) is 0 Å². The molecule has 0 amide bonds. The van der Waals surface area contributed by atoms with Crippen molar-refractivity contribution < 1.29 is 0 Å². The van der Waals surface area contributed by atoms with Gasteiger partial charge in [-0.2, -0.15) is 11.8 Å². The third-order valence-corrected chi connectivity index (χ3v) is 5.16. The van der Waals surface area contributed by atoms with Crippen LogP contribution in [0.1, 0.15) is 50.5 Å². The van der Waals surface area contributed by atoms with Gasteiger partial charge in [-0.3, -0.25) is 0 Å². The first-order valence-electron chi connectivity index (χ1n) is 7.21. The maximum Gasteiger partial charge on any atom is 0.0446 e. The summed E-state index contributed by atoms with van der Waals surface area (Å²) >= 11 is 11.6. The predicted octanol–water partition coefficient (Wildman–Crippen LogP) is 6.70. The van der Waals surface area contributed by atoms with E-state index in [0.29, 0.717) is 0 Å². The highest BCUT2D eigenvalue weighted by Crippen LogP contribution is 2.21. The SMILES string of the molecule is Clc1ccccc1CSCCCCCCCCCBr. The van der Waals surface area contributed by atoms with Crippen LogP contribution in [-0.2, 0) is 5.75 Å². The summed E-state index contributed by atoms with van der Waals surface area (Å²) in [6.07, 6.45) is 9.63. The first-order chi connectivity index (χ1) is 9.34. The third-order valence-electron chi connectivity index (χ3n) is 3.14. The third kappa shape index (κ3) is 8.99. The van der Waals surface area contributed by atoms with Crippen molar-refractivity contribution in [3.05, 3.63) is 34.9 Å². The average Bonchev–Trinajstić information content (AvgIpc) is 2.43. The normalized spacial score (nSPS) is 10.8. The zero-order valence-electron chi connectivity index (χ0n) is 11.5. The van der Waals surface area contributed by atoms with Crippen LogP contribution >= 0.6 is 39.3 Å². The van der Waals surface area contributed by atoms with E-state index in [1.54, 1.807) is 0 Å². The number of rotatable bonds is 11. The van der Waals surface area contributed by atoms with Gasteiger partial charge in [-0.1, -0.05) is 77.8 Å². The monoisotopic (exact) mass is 362 g/mol. The largest absolute Gasteiger partial charge is 0.157 e. The summed E-state index contributed by atoms with van der Waals surface area (Å²) < 4.78 is 0. The number of hydrogen-bond acceptors (Lipinski definition) is 1. The van der Waals surface area contributed by atoms with Crippen molar-refractivity contribution >= 4 is 39.3 Å². The Hall–Kier alpha value is 0.340. The Morgan fingerprint density at radius 3 is 2.21 bits per heavy atom. The molecule has 0 aliphatic rings. The molecule has 0 bridgehead atoms. The Morgan fingerprint density at radius 1 is 0.895 bits per heavy atom. The Balaban J connectivity index is 1.90. The van der Waals surface area contributed by atoms with Crippen LogP contribution in [0.5, 0.6) is 0 Å². The molecule has 19 heavy (non-hydrogen) atoms. The van der Waals surface area contributed by atoms with Gasteiger partial charge < -0.3 is 0 Å². The molecule has 3 heteroatoms. The van der Waals surface area contributed by atoms with Gasteiger partial charge in [0.05, 0.1) is 0 Å². The first-order valence-corrected chi connectivity index (χ1v) is 9.87. The number of thioether (sulfide) groups is 1. The molecule has 0 heterocycles. The first kappa shape index (κ1) is 17.4. The van der Waals surface area contributed by atoms with Crippen LogP contribution in [0.4, 0.5) is 0 Å². The lowest BCUT2D eigenvalue weighted by atomic mass is 10.1. The molecule has 0 saturated heterocycles. The van der Waals surface area contributed by atoms with E-state index in [0.717, 1.165) is 16.1 Å². The van der Waals surface area contributed by atoms with Crippen LogP contribution < -0.4 is 0 Å². The number of benzene rings is 1. The molecule has 1 rings (SSSR count). The number of alkyl halides is 1. The van der Waals surface area contributed by atoms with E-state index < -0.39 is 0 Å². The molecule has 0 aliphatic heterocycles. The Morgan fingerprint density at radius 2 is 1.53 bits per heavy atom. The second-order valence-electron chi connectivity index (χ2n) is 4.81. The van der Waals surface area contributed by atoms with Crippen molar-refractivity contribution in [3.63, 3.8) is 0 Å². The van der Waals surface area contributed by atoms with Crippen molar-refractivity contribution in [1.29, 1.82) is 0 Å². The van der Waals surface area contributed by atoms with Gasteiger partial charge >= 0.3 is 0 Å². The summed E-state index contributed by atoms with van der Waals surface area (Å²) in [4.78, 5) is 0. The van der Waals surface area contributed by atoms with Gasteiger partial charge in [0.2, 0.25) is 0 Å². The van der Waals surface area contributed by atoms with Crippen LogP contribution in [0, 0.1) is 0 Å². The minimum atomic E-state index is 0.904. The highest BCUT2D eigenvalue weighted by atomic mass is 79.9. The minimum Gasteiger partial charge on any atom is -0.157 e. The topological polar surface area (TPSA) is 0 Å². The summed E-state index contributed by atoms with van der Waals surface area (Å²) in [7, 11) is 0. The summed E-state index contributed by atoms with van der Waals surface area (Å²) in [5.74, 6) is 2.30. The van der Waals surface area contributed by atoms with Gasteiger partial charge in [-0.15, -0.1) is 0 Å². The molecule has 0 unspecified atom stereocenters. The molecular formula is C16H24BrClS. The van der Waals surface area contributed by atoms with Crippen LogP contribution in [0.2, 0.25) is 5.02 Å². The fourth-order valence-electron chi connectivity index (χ4n) is 1.98. The molecule has 0 fully saturated rings. The van der Waals surface area contributed by atoms with Gasteiger partial charge in [-0.05, 0) is 30.2 Å². The van der Waals surface area contributed by atoms with Crippen molar-refractivity contribution in [1.82, 2.24) is 0 Å². The van der Waals surface area contributed by atoms with Gasteiger partial charge in [0.25, 0.3) is 0 Å². The Bertz CT molecular complexity index is 330. The molecule has 0 radical (unpaired) electrons. The lowest BCUT2D eigenvalue weighted by molar-refractivity contribution is 0.606. The van der Waals surface area contributed by atoms with Crippen LogP contribution in [-0.4, -0.2) is 11.1 Å². The zero-order valence-corrected chi connectivity index (χ0v) is 14.7. The molecule has 1 aromatic carbocycles. The van der Waals surface area contributed by atoms with Crippen molar-refractivity contribution in [2.75, 3.05) is 11.1 Å². The van der Waals surface area contributed by atoms with E-state index >= 15 is 0 Å². The second kappa shape index (κ2) is 12.1. The molecule has 0 saturated carbocycles. The van der Waals surface area contributed by atoms with Crippen LogP contribution in [0.15, 0.2) is 24.3 Å². The molecule has 1 aromatic rings. The van der Waals surface area contributed by atoms with E-state index in [2.05, 4.69) is 28.1 Å². The Labute approximate surface area is 135 Å². The predicted molar refractivity (Wildman–Crippen MR) is 93.7 cm³/mol. The highest BCUT2D eigenvalue weighted by molar-refractivity contribution is 9.09. The summed E-state index contributed by atoms with van der Waals surface area (Å²) in [5.41, 5.74) is 1.27. The number of unbranched alkanes of at least 4 members (excludes halogenated alkanes) is 6. The maximum atomic E-state index is 6.13. The quantitative estimate of drug-likeness (QED) is 0.311. The fourth-order valence-corrected chi connectivity index (χ4v) is 3.68. The molecule has 0 spiro atoms. The summed E-state index contributed by atoms with van der Waals surface area (Å²) in [6, 6.07) is 8.16. The van der Waals surface area contributed by atoms with Crippen molar-refractivity contribution in [2.24, 2.45) is 0 Å². The average molecular weight is 364 g/mol. The van der Waals surface area contributed by atoms with E-state index in [4.69, 9.17) is 11.6 Å². The van der Waals surface area contributed by atoms with Gasteiger partial charge in [0.1, 0.15) is 0 Å². The smallest absolute Gasteiger partial charge is 0.0446 e. The number of halogens is 2. The fraction of sp³-hybridized carbons (Fsp3) is 0.625. The van der Waals surface area contributed by atoms with E-state index in [1.807, 2.05) is 23.9 Å². The molecule has 0 aromatic heterocycles. The molecule has 0 atom stereocenters. The van der Waals surface area contributed by atoms with Crippen LogP contribution in [0.25, 0.3) is 0 Å². The molecule has 0 N–H and O–H groups in total. The maximum absolute atomic E-state index is 6.13. The zero-order chi connectivity index (χ0) is 13.8. The van der Waals surface area contributed by atoms with Gasteiger partial charge in [0, 0.05) is 16.1 Å². The van der Waals surface area contributed by atoms with E-state index in [-0.39, 0.29) is 0 Å². The summed E-state index contributed by atoms with van der Waals surface area (Å²) in [6.45, 7) is 0. The molecule has 0 aliphatic carbocycles. The van der Waals surface area contributed by atoms with Crippen molar-refractivity contribution in [2.45, 2.75) is 50.7 Å². The standard InChI is InChI=1S/C16H24BrClS/c17-12-8-4-2-1-3-5-9-13-19-14-15-10-6-7-11-16(15)18/h6-7,10-11H,1-5,8-9,12-14H2. The number of hydrogen-bond donors (Lipinski definition) is 0. The Kier molecular flexibility index (Phi) is 11.1. The second-order valence-corrected chi connectivity index (χ2v) is 7.11. The van der Waals surface area contributed by atoms with E-state index in [9.17, 15) is 0 Å². The van der Waals surface area contributed by atoms with Gasteiger partial charge in [0.15, 0.2) is 0 Å².